The second-order valence-electron chi connectivity index (χ2n) is 8.51. The number of nitrogens with zero attached hydrogens (tertiary/aromatic N) is 2. The zero-order valence-electron chi connectivity index (χ0n) is 18.4. The molecule has 0 bridgehead atoms. The highest BCUT2D eigenvalue weighted by Gasteiger charge is 2.25. The molecule has 2 atom stereocenters. The summed E-state index contributed by atoms with van der Waals surface area (Å²) in [5.41, 5.74) is 2.65. The van der Waals surface area contributed by atoms with E-state index in [2.05, 4.69) is 34.7 Å². The van der Waals surface area contributed by atoms with Gasteiger partial charge < -0.3 is 9.45 Å². The van der Waals surface area contributed by atoms with Crippen LogP contribution < -0.4 is 9.62 Å². The van der Waals surface area contributed by atoms with E-state index in [9.17, 15) is 8.94 Å². The van der Waals surface area contributed by atoms with E-state index >= 15 is 0 Å². The van der Waals surface area contributed by atoms with Gasteiger partial charge in [-0.1, -0.05) is 24.1 Å². The van der Waals surface area contributed by atoms with Gasteiger partial charge in [0.25, 0.3) is 0 Å². The summed E-state index contributed by atoms with van der Waals surface area (Å²) in [4.78, 5) is 2.96. The van der Waals surface area contributed by atoms with Crippen LogP contribution in [0.15, 0.2) is 47.4 Å². The van der Waals surface area contributed by atoms with E-state index in [1.165, 1.54) is 18.6 Å². The number of hydrogen-bond acceptors (Lipinski definition) is 5. The fourth-order valence-corrected chi connectivity index (χ4v) is 5.96. The van der Waals surface area contributed by atoms with Crippen LogP contribution in [-0.2, 0) is 16.1 Å². The molecular formula is C23H32FN3OS2. The Bertz CT molecular complexity index is 845. The predicted molar refractivity (Wildman–Crippen MR) is 128 cm³/mol. The number of piperidine rings is 1. The summed E-state index contributed by atoms with van der Waals surface area (Å²) in [5.74, 6) is -0.333. The maximum absolute atomic E-state index is 14.0. The Labute approximate surface area is 187 Å². The molecule has 0 saturated carbocycles. The molecule has 0 aliphatic carbocycles. The van der Waals surface area contributed by atoms with Crippen molar-refractivity contribution in [3.63, 3.8) is 0 Å². The lowest BCUT2D eigenvalue weighted by molar-refractivity contribution is 0.485. The molecular weight excluding hydrogens is 417 g/mol. The van der Waals surface area contributed by atoms with E-state index in [4.69, 9.17) is 0 Å². The Hall–Kier alpha value is -1.41. The van der Waals surface area contributed by atoms with Gasteiger partial charge in [0.15, 0.2) is 4.90 Å². The van der Waals surface area contributed by atoms with E-state index in [-0.39, 0.29) is 10.6 Å². The Morgan fingerprint density at radius 3 is 2.50 bits per heavy atom. The average molecular weight is 450 g/mol. The van der Waals surface area contributed by atoms with Crippen molar-refractivity contribution in [1.82, 2.24) is 4.31 Å². The quantitative estimate of drug-likeness (QED) is 0.428. The van der Waals surface area contributed by atoms with Gasteiger partial charge in [-0.3, -0.25) is 4.31 Å². The van der Waals surface area contributed by atoms with Crippen LogP contribution in [-0.4, -0.2) is 35.5 Å². The van der Waals surface area contributed by atoms with Crippen molar-refractivity contribution in [3.8, 4) is 0 Å². The molecule has 0 amide bonds. The van der Waals surface area contributed by atoms with Gasteiger partial charge in [0.1, 0.15) is 22.9 Å². The first-order chi connectivity index (χ1) is 14.2. The fourth-order valence-electron chi connectivity index (χ4n) is 3.94. The third-order valence-corrected chi connectivity index (χ3v) is 7.61. The normalized spacial score (nSPS) is 18.5. The standard InChI is InChI=1S/C23H32FN3OS2/c1-17-8-6-7-15-27(17)22-14-11-19(24)16-21(22)25-30(28)20-12-9-18(10-13-20)23(2,3)29-26(4)5/h9-14,16-17,25H,6-8,15H2,1-5H3. The molecule has 30 heavy (non-hydrogen) atoms. The third-order valence-electron chi connectivity index (χ3n) is 5.45. The van der Waals surface area contributed by atoms with Crippen molar-refractivity contribution in [3.05, 3.63) is 53.8 Å². The van der Waals surface area contributed by atoms with Crippen molar-refractivity contribution in [2.75, 3.05) is 30.3 Å². The summed E-state index contributed by atoms with van der Waals surface area (Å²) >= 11 is 0.266. The summed E-state index contributed by atoms with van der Waals surface area (Å²) in [6.45, 7) is 7.46. The zero-order valence-corrected chi connectivity index (χ0v) is 20.1. The largest absolute Gasteiger partial charge is 0.588 e. The van der Waals surface area contributed by atoms with E-state index in [1.807, 2.05) is 38.4 Å². The van der Waals surface area contributed by atoms with Gasteiger partial charge >= 0.3 is 0 Å². The fraction of sp³-hybridized carbons (Fsp3) is 0.478. The molecule has 2 unspecified atom stereocenters. The summed E-state index contributed by atoms with van der Waals surface area (Å²) in [5, 5.41) is 0. The van der Waals surface area contributed by atoms with Crippen LogP contribution >= 0.6 is 11.9 Å². The van der Waals surface area contributed by atoms with E-state index in [0.717, 1.165) is 30.6 Å². The van der Waals surface area contributed by atoms with Crippen LogP contribution in [0.4, 0.5) is 15.8 Å². The maximum atomic E-state index is 14.0. The van der Waals surface area contributed by atoms with Crippen molar-refractivity contribution in [2.24, 2.45) is 0 Å². The molecule has 7 heteroatoms. The van der Waals surface area contributed by atoms with Crippen LogP contribution in [0.25, 0.3) is 0 Å². The molecule has 0 radical (unpaired) electrons. The lowest BCUT2D eigenvalue weighted by atomic mass is 10.0. The summed E-state index contributed by atoms with van der Waals surface area (Å²) in [7, 11) is 4.05. The SMILES string of the molecule is CC1CCCCN1c1ccc(F)cc1N[S+]([O-])c1ccc(C(C)(C)SN(C)C)cc1. The molecule has 2 aromatic rings. The highest BCUT2D eigenvalue weighted by atomic mass is 32.2. The molecule has 2 aromatic carbocycles. The van der Waals surface area contributed by atoms with Crippen LogP contribution in [0.5, 0.6) is 0 Å². The predicted octanol–water partition coefficient (Wildman–Crippen LogP) is 5.78. The van der Waals surface area contributed by atoms with Crippen molar-refractivity contribution < 1.29 is 8.94 Å². The molecule has 164 valence electrons. The minimum absolute atomic E-state index is 0.0862. The Morgan fingerprint density at radius 2 is 1.87 bits per heavy atom. The van der Waals surface area contributed by atoms with Gasteiger partial charge in [0.2, 0.25) is 0 Å². The number of benzene rings is 2. The first kappa shape index (κ1) is 23.3. The number of hydrogen-bond donors (Lipinski definition) is 1. The highest BCUT2D eigenvalue weighted by Crippen LogP contribution is 2.37. The topological polar surface area (TPSA) is 41.6 Å². The molecule has 3 rings (SSSR count). The molecule has 1 fully saturated rings. The van der Waals surface area contributed by atoms with Crippen LogP contribution in [0.3, 0.4) is 0 Å². The number of nitrogens with one attached hydrogen (secondary N) is 1. The molecule has 0 aromatic heterocycles. The van der Waals surface area contributed by atoms with Gasteiger partial charge in [0, 0.05) is 23.4 Å². The summed E-state index contributed by atoms with van der Waals surface area (Å²) in [6.07, 6.45) is 3.44. The first-order valence-electron chi connectivity index (χ1n) is 10.4. The molecule has 1 N–H and O–H groups in total. The van der Waals surface area contributed by atoms with Gasteiger partial charge in [-0.25, -0.2) is 9.11 Å². The van der Waals surface area contributed by atoms with Crippen molar-refractivity contribution in [1.29, 1.82) is 0 Å². The third kappa shape index (κ3) is 5.63. The highest BCUT2D eigenvalue weighted by molar-refractivity contribution is 7.97. The molecule has 1 aliphatic heterocycles. The molecule has 0 spiro atoms. The molecule has 4 nitrogen and oxygen atoms in total. The smallest absolute Gasteiger partial charge is 0.179 e. The van der Waals surface area contributed by atoms with Crippen LogP contribution in [0.2, 0.25) is 0 Å². The second-order valence-corrected chi connectivity index (χ2v) is 11.7. The van der Waals surface area contributed by atoms with Gasteiger partial charge in [-0.05, 0) is 84.0 Å². The maximum Gasteiger partial charge on any atom is 0.179 e. The zero-order chi connectivity index (χ0) is 21.9. The minimum Gasteiger partial charge on any atom is -0.588 e. The second kappa shape index (κ2) is 9.81. The van der Waals surface area contributed by atoms with Gasteiger partial charge in [-0.15, -0.1) is 0 Å². The molecule has 1 aliphatic rings. The monoisotopic (exact) mass is 449 g/mol. The summed E-state index contributed by atoms with van der Waals surface area (Å²) < 4.78 is 32.1. The van der Waals surface area contributed by atoms with Crippen molar-refractivity contribution in [2.45, 2.75) is 55.7 Å². The van der Waals surface area contributed by atoms with Crippen molar-refractivity contribution >= 4 is 34.7 Å². The Balaban J connectivity index is 1.79. The van der Waals surface area contributed by atoms with Gasteiger partial charge in [-0.2, -0.15) is 0 Å². The lowest BCUT2D eigenvalue weighted by Crippen LogP contribution is -2.38. The number of rotatable bonds is 7. The van der Waals surface area contributed by atoms with Gasteiger partial charge in [0.05, 0.1) is 5.69 Å². The number of halogens is 1. The van der Waals surface area contributed by atoms with E-state index in [0.29, 0.717) is 16.6 Å². The lowest BCUT2D eigenvalue weighted by Gasteiger charge is -2.36. The first-order valence-corrected chi connectivity index (χ1v) is 12.3. The van der Waals surface area contributed by atoms with E-state index in [1.54, 1.807) is 18.0 Å². The van der Waals surface area contributed by atoms with Crippen LogP contribution in [0, 0.1) is 5.82 Å². The van der Waals surface area contributed by atoms with Crippen LogP contribution in [0.1, 0.15) is 45.6 Å². The molecule has 1 saturated heterocycles. The summed E-state index contributed by atoms with van der Waals surface area (Å²) in [6, 6.07) is 12.9. The minimum atomic E-state index is -1.47. The Kier molecular flexibility index (Phi) is 7.61. The molecule has 1 heterocycles. The Morgan fingerprint density at radius 1 is 1.17 bits per heavy atom. The van der Waals surface area contributed by atoms with E-state index < -0.39 is 11.4 Å². The average Bonchev–Trinajstić information content (AvgIpc) is 2.68. The number of anilines is 2.